The quantitative estimate of drug-likeness (QED) is 0.527. The number of piperidine rings is 1. The number of allylic oxidation sites excluding steroid dienone is 2. The van der Waals surface area contributed by atoms with E-state index in [-0.39, 0.29) is 12.0 Å². The van der Waals surface area contributed by atoms with Crippen LogP contribution in [0, 0.1) is 11.8 Å². The first-order valence-electron chi connectivity index (χ1n) is 11.7. The molecule has 0 radical (unpaired) electrons. The third-order valence-corrected chi connectivity index (χ3v) is 9.57. The lowest BCUT2D eigenvalue weighted by atomic mass is 9.77. The second-order valence-corrected chi connectivity index (χ2v) is 11.5. The molecule has 3 heterocycles. The van der Waals surface area contributed by atoms with Gasteiger partial charge in [0.1, 0.15) is 0 Å². The minimum absolute atomic E-state index is 0.185. The maximum atomic E-state index is 13.4. The Kier molecular flexibility index (Phi) is 4.70. The number of fused-ring (bicyclic) bond motifs is 4. The first-order valence-corrected chi connectivity index (χ1v) is 13.1. The van der Waals surface area contributed by atoms with E-state index in [1.54, 1.807) is 10.4 Å². The third-order valence-electron chi connectivity index (χ3n) is 7.67. The number of anilines is 1. The smallest absolute Gasteiger partial charge is 0.243 e. The lowest BCUT2D eigenvalue weighted by Gasteiger charge is -2.37. The molecule has 0 amide bonds. The molecule has 2 N–H and O–H groups in total. The van der Waals surface area contributed by atoms with Crippen molar-refractivity contribution in [3.63, 3.8) is 0 Å². The molecule has 166 valence electrons. The number of H-pyrrole nitrogens is 1. The Labute approximate surface area is 189 Å². The number of sulfonamides is 1. The minimum atomic E-state index is -3.46. The second kappa shape index (κ2) is 7.49. The zero-order chi connectivity index (χ0) is 21.9. The van der Waals surface area contributed by atoms with Crippen LogP contribution in [0.5, 0.6) is 0 Å². The molecule has 5 nitrogen and oxygen atoms in total. The fourth-order valence-corrected chi connectivity index (χ4v) is 7.27. The zero-order valence-electron chi connectivity index (χ0n) is 18.3. The SMILES string of the molecule is CC1CCN(S(=O)(=O)c2ccc3c(c2)C2C=CCC2C(c2c[nH]c4ccccc24)N3)CC1. The van der Waals surface area contributed by atoms with Crippen LogP contribution in [0.2, 0.25) is 0 Å². The first-order chi connectivity index (χ1) is 15.5. The van der Waals surface area contributed by atoms with Crippen molar-refractivity contribution in [3.8, 4) is 0 Å². The van der Waals surface area contributed by atoms with Gasteiger partial charge in [-0.3, -0.25) is 0 Å². The molecule has 1 aromatic heterocycles. The summed E-state index contributed by atoms with van der Waals surface area (Å²) in [5.74, 6) is 1.19. The normalized spacial score (nSPS) is 26.1. The summed E-state index contributed by atoms with van der Waals surface area (Å²) < 4.78 is 28.4. The summed E-state index contributed by atoms with van der Waals surface area (Å²) in [5, 5.41) is 5.01. The molecule has 3 unspecified atom stereocenters. The van der Waals surface area contributed by atoms with E-state index in [1.165, 1.54) is 10.9 Å². The highest BCUT2D eigenvalue weighted by atomic mass is 32.2. The van der Waals surface area contributed by atoms with Crippen molar-refractivity contribution < 1.29 is 8.42 Å². The van der Waals surface area contributed by atoms with E-state index >= 15 is 0 Å². The highest BCUT2D eigenvalue weighted by Crippen LogP contribution is 2.51. The Bertz CT molecular complexity index is 1300. The molecular weight excluding hydrogens is 418 g/mol. The third kappa shape index (κ3) is 3.11. The Morgan fingerprint density at radius 2 is 1.84 bits per heavy atom. The predicted molar refractivity (Wildman–Crippen MR) is 128 cm³/mol. The Morgan fingerprint density at radius 1 is 1.03 bits per heavy atom. The van der Waals surface area contributed by atoms with Crippen LogP contribution < -0.4 is 5.32 Å². The first kappa shape index (κ1) is 20.1. The van der Waals surface area contributed by atoms with Crippen LogP contribution in [0.3, 0.4) is 0 Å². The average molecular weight is 448 g/mol. The number of aromatic nitrogens is 1. The summed E-state index contributed by atoms with van der Waals surface area (Å²) in [4.78, 5) is 3.84. The van der Waals surface area contributed by atoms with E-state index in [1.807, 2.05) is 12.1 Å². The van der Waals surface area contributed by atoms with Crippen molar-refractivity contribution in [2.24, 2.45) is 11.8 Å². The van der Waals surface area contributed by atoms with Gasteiger partial charge >= 0.3 is 0 Å². The van der Waals surface area contributed by atoms with Crippen LogP contribution in [0.1, 0.15) is 49.3 Å². The van der Waals surface area contributed by atoms with Crippen LogP contribution >= 0.6 is 0 Å². The number of benzene rings is 2. The monoisotopic (exact) mass is 447 g/mol. The van der Waals surface area contributed by atoms with Gasteiger partial charge in [-0.1, -0.05) is 37.3 Å². The Hall–Kier alpha value is -2.57. The van der Waals surface area contributed by atoms with Crippen molar-refractivity contribution >= 4 is 26.6 Å². The molecule has 2 aromatic carbocycles. The molecular formula is C26H29N3O2S. The van der Waals surface area contributed by atoms with Crippen molar-refractivity contribution in [3.05, 3.63) is 71.9 Å². The van der Waals surface area contributed by atoms with Gasteiger partial charge in [0.15, 0.2) is 0 Å². The standard InChI is InChI=1S/C26H29N3O2S/c1-17-11-13-29(14-12-17)32(30,31)18-9-10-25-22(15-18)19-6-4-7-21(19)26(28-25)23-16-27-24-8-3-2-5-20(23)24/h2-6,8-10,15-17,19,21,26-28H,7,11-14H2,1H3. The molecule has 0 bridgehead atoms. The van der Waals surface area contributed by atoms with Gasteiger partial charge in [-0.05, 0) is 66.5 Å². The van der Waals surface area contributed by atoms with E-state index in [9.17, 15) is 8.42 Å². The van der Waals surface area contributed by atoms with Crippen LogP contribution in [0.4, 0.5) is 5.69 Å². The van der Waals surface area contributed by atoms with E-state index in [2.05, 4.69) is 59.8 Å². The van der Waals surface area contributed by atoms with E-state index in [4.69, 9.17) is 0 Å². The summed E-state index contributed by atoms with van der Waals surface area (Å²) in [6.07, 6.45) is 9.50. The Balaban J connectivity index is 1.37. The molecule has 0 spiro atoms. The number of para-hydroxylation sites is 1. The number of aromatic amines is 1. The molecule has 1 fully saturated rings. The van der Waals surface area contributed by atoms with Gasteiger partial charge in [0.2, 0.25) is 10.0 Å². The summed E-state index contributed by atoms with van der Waals surface area (Å²) in [7, 11) is -3.46. The number of hydrogen-bond acceptors (Lipinski definition) is 3. The molecule has 0 saturated carbocycles. The van der Waals surface area contributed by atoms with Gasteiger partial charge < -0.3 is 10.3 Å². The minimum Gasteiger partial charge on any atom is -0.378 e. The zero-order valence-corrected chi connectivity index (χ0v) is 19.1. The maximum absolute atomic E-state index is 13.4. The van der Waals surface area contributed by atoms with Gasteiger partial charge in [0.05, 0.1) is 10.9 Å². The van der Waals surface area contributed by atoms with Crippen molar-refractivity contribution in [1.29, 1.82) is 0 Å². The van der Waals surface area contributed by atoms with Gasteiger partial charge in [-0.15, -0.1) is 0 Å². The number of nitrogens with zero attached hydrogens (tertiary/aromatic N) is 1. The molecule has 2 aliphatic heterocycles. The van der Waals surface area contributed by atoms with Crippen LogP contribution in [-0.2, 0) is 10.0 Å². The maximum Gasteiger partial charge on any atom is 0.243 e. The average Bonchev–Trinajstić information content (AvgIpc) is 3.46. The van der Waals surface area contributed by atoms with Crippen LogP contribution in [0.15, 0.2) is 65.7 Å². The van der Waals surface area contributed by atoms with E-state index in [0.29, 0.717) is 29.8 Å². The second-order valence-electron chi connectivity index (χ2n) is 9.60. The Morgan fingerprint density at radius 3 is 2.69 bits per heavy atom. The van der Waals surface area contributed by atoms with Gasteiger partial charge in [0.25, 0.3) is 0 Å². The molecule has 1 aliphatic carbocycles. The number of nitrogens with one attached hydrogen (secondary N) is 2. The lowest BCUT2D eigenvalue weighted by Crippen LogP contribution is -2.38. The molecule has 1 saturated heterocycles. The summed E-state index contributed by atoms with van der Waals surface area (Å²) >= 11 is 0. The fourth-order valence-electron chi connectivity index (χ4n) is 5.77. The van der Waals surface area contributed by atoms with Gasteiger partial charge in [0, 0.05) is 41.8 Å². The topological polar surface area (TPSA) is 65.2 Å². The van der Waals surface area contributed by atoms with Crippen molar-refractivity contribution in [2.45, 2.75) is 43.0 Å². The molecule has 6 rings (SSSR count). The molecule has 3 aliphatic rings. The summed E-state index contributed by atoms with van der Waals surface area (Å²) in [6.45, 7) is 3.44. The molecule has 32 heavy (non-hydrogen) atoms. The van der Waals surface area contributed by atoms with Gasteiger partial charge in [-0.25, -0.2) is 8.42 Å². The lowest BCUT2D eigenvalue weighted by molar-refractivity contribution is 0.288. The number of rotatable bonds is 3. The summed E-state index contributed by atoms with van der Waals surface area (Å²) in [6, 6.07) is 14.3. The number of hydrogen-bond donors (Lipinski definition) is 2. The van der Waals surface area contributed by atoms with E-state index < -0.39 is 10.0 Å². The summed E-state index contributed by atoms with van der Waals surface area (Å²) in [5.41, 5.74) is 4.57. The van der Waals surface area contributed by atoms with Crippen molar-refractivity contribution in [1.82, 2.24) is 9.29 Å². The highest BCUT2D eigenvalue weighted by molar-refractivity contribution is 7.89. The van der Waals surface area contributed by atoms with Crippen molar-refractivity contribution in [2.75, 3.05) is 18.4 Å². The predicted octanol–water partition coefficient (Wildman–Crippen LogP) is 5.42. The molecule has 3 atom stereocenters. The van der Waals surface area contributed by atoms with Crippen LogP contribution in [0.25, 0.3) is 10.9 Å². The molecule has 6 heteroatoms. The molecule has 3 aromatic rings. The van der Waals surface area contributed by atoms with E-state index in [0.717, 1.165) is 36.0 Å². The largest absolute Gasteiger partial charge is 0.378 e. The van der Waals surface area contributed by atoms with Gasteiger partial charge in [-0.2, -0.15) is 4.31 Å². The highest BCUT2D eigenvalue weighted by Gasteiger charge is 2.39. The fraction of sp³-hybridized carbons (Fsp3) is 0.385. The van der Waals surface area contributed by atoms with Crippen LogP contribution in [-0.4, -0.2) is 30.8 Å².